The first-order chi connectivity index (χ1) is 7.15. The summed E-state index contributed by atoms with van der Waals surface area (Å²) in [6.07, 6.45) is 1.50. The molecule has 1 aromatic rings. The van der Waals surface area contributed by atoms with Gasteiger partial charge in [-0.05, 0) is 12.1 Å². The molecule has 1 aromatic heterocycles. The maximum atomic E-state index is 11.3. The Morgan fingerprint density at radius 3 is 2.93 bits per heavy atom. The second-order valence-corrected chi connectivity index (χ2v) is 3.49. The number of rotatable bonds is 4. The van der Waals surface area contributed by atoms with E-state index in [4.69, 9.17) is 5.11 Å². The number of carboxylic acids is 1. The molecule has 6 heteroatoms. The molecule has 0 amide bonds. The fraction of sp³-hybridized carbons (Fsp3) is 0.222. The molecule has 0 aliphatic rings. The Bertz CT molecular complexity index is 380. The monoisotopic (exact) mass is 227 g/mol. The van der Waals surface area contributed by atoms with E-state index in [0.717, 1.165) is 11.8 Å². The zero-order valence-electron chi connectivity index (χ0n) is 7.97. The number of hydrogen-bond donors (Lipinski definition) is 1. The minimum Gasteiger partial charge on any atom is -0.481 e. The zero-order chi connectivity index (χ0) is 11.3. The summed E-state index contributed by atoms with van der Waals surface area (Å²) in [5.41, 5.74) is 0.284. The number of methoxy groups -OCH3 is 1. The molecule has 80 valence electrons. The van der Waals surface area contributed by atoms with Crippen LogP contribution in [-0.2, 0) is 9.53 Å². The minimum atomic E-state index is -0.957. The smallest absolute Gasteiger partial charge is 0.340 e. The van der Waals surface area contributed by atoms with Crippen LogP contribution >= 0.6 is 11.8 Å². The van der Waals surface area contributed by atoms with Crippen molar-refractivity contribution in [2.24, 2.45) is 0 Å². The zero-order valence-corrected chi connectivity index (χ0v) is 8.78. The van der Waals surface area contributed by atoms with Crippen molar-refractivity contribution in [3.8, 4) is 0 Å². The van der Waals surface area contributed by atoms with E-state index in [-0.39, 0.29) is 11.3 Å². The standard InChI is InChI=1S/C9H9NO4S/c1-14-9(13)6-3-2-4-10-8(6)15-5-7(11)12/h2-4H,5H2,1H3,(H,11,12). The molecule has 0 spiro atoms. The van der Waals surface area contributed by atoms with Crippen molar-refractivity contribution in [1.29, 1.82) is 0 Å². The van der Waals surface area contributed by atoms with E-state index in [0.29, 0.717) is 5.03 Å². The average molecular weight is 227 g/mol. The summed E-state index contributed by atoms with van der Waals surface area (Å²) in [5, 5.41) is 8.86. The number of pyridine rings is 1. The van der Waals surface area contributed by atoms with Gasteiger partial charge in [-0.25, -0.2) is 9.78 Å². The summed E-state index contributed by atoms with van der Waals surface area (Å²) < 4.78 is 4.54. The lowest BCUT2D eigenvalue weighted by Crippen LogP contribution is -2.06. The molecule has 1 heterocycles. The molecule has 0 fully saturated rings. The Morgan fingerprint density at radius 1 is 1.60 bits per heavy atom. The summed E-state index contributed by atoms with van der Waals surface area (Å²) in [6, 6.07) is 3.14. The normalized spacial score (nSPS) is 9.67. The maximum Gasteiger partial charge on any atom is 0.340 e. The van der Waals surface area contributed by atoms with Crippen LogP contribution in [0.1, 0.15) is 10.4 Å². The summed E-state index contributed by atoms with van der Waals surface area (Å²) >= 11 is 0.987. The molecule has 1 rings (SSSR count). The molecule has 15 heavy (non-hydrogen) atoms. The van der Waals surface area contributed by atoms with E-state index < -0.39 is 11.9 Å². The maximum absolute atomic E-state index is 11.3. The van der Waals surface area contributed by atoms with Gasteiger partial charge in [0.1, 0.15) is 5.03 Å². The van der Waals surface area contributed by atoms with Gasteiger partial charge in [0.05, 0.1) is 18.4 Å². The SMILES string of the molecule is COC(=O)c1cccnc1SCC(=O)O. The van der Waals surface area contributed by atoms with E-state index in [9.17, 15) is 9.59 Å². The second-order valence-electron chi connectivity index (χ2n) is 2.53. The third kappa shape index (κ3) is 3.25. The van der Waals surface area contributed by atoms with Crippen molar-refractivity contribution in [2.45, 2.75) is 5.03 Å². The van der Waals surface area contributed by atoms with Crippen LogP contribution in [-0.4, -0.2) is 34.9 Å². The molecule has 0 aliphatic carbocycles. The Morgan fingerprint density at radius 2 is 2.33 bits per heavy atom. The summed E-state index contributed by atoms with van der Waals surface area (Å²) in [5.74, 6) is -1.61. The van der Waals surface area contributed by atoms with Crippen molar-refractivity contribution in [3.63, 3.8) is 0 Å². The van der Waals surface area contributed by atoms with E-state index in [1.54, 1.807) is 12.1 Å². The van der Waals surface area contributed by atoms with Crippen LogP contribution in [0.5, 0.6) is 0 Å². The second kappa shape index (κ2) is 5.35. The van der Waals surface area contributed by atoms with Crippen LogP contribution in [0, 0.1) is 0 Å². The lowest BCUT2D eigenvalue weighted by molar-refractivity contribution is -0.133. The topological polar surface area (TPSA) is 76.5 Å². The van der Waals surface area contributed by atoms with Gasteiger partial charge in [-0.3, -0.25) is 4.79 Å². The van der Waals surface area contributed by atoms with Crippen LogP contribution in [0.4, 0.5) is 0 Å². The number of carbonyl (C=O) groups excluding carboxylic acids is 1. The highest BCUT2D eigenvalue weighted by Gasteiger charge is 2.13. The van der Waals surface area contributed by atoms with E-state index in [1.165, 1.54) is 13.3 Å². The van der Waals surface area contributed by atoms with Crippen molar-refractivity contribution in [2.75, 3.05) is 12.9 Å². The fourth-order valence-electron chi connectivity index (χ4n) is 0.901. The highest BCUT2D eigenvalue weighted by Crippen LogP contribution is 2.20. The number of aromatic nitrogens is 1. The van der Waals surface area contributed by atoms with Gasteiger partial charge < -0.3 is 9.84 Å². The summed E-state index contributed by atoms with van der Waals surface area (Å²) in [7, 11) is 1.26. The summed E-state index contributed by atoms with van der Waals surface area (Å²) in [6.45, 7) is 0. The fourth-order valence-corrected chi connectivity index (χ4v) is 1.60. The third-order valence-corrected chi connectivity index (χ3v) is 2.50. The van der Waals surface area contributed by atoms with Crippen LogP contribution in [0.3, 0.4) is 0 Å². The lowest BCUT2D eigenvalue weighted by Gasteiger charge is -2.04. The van der Waals surface area contributed by atoms with Gasteiger partial charge in [-0.2, -0.15) is 0 Å². The van der Waals surface area contributed by atoms with Crippen LogP contribution in [0.2, 0.25) is 0 Å². The largest absolute Gasteiger partial charge is 0.481 e. The van der Waals surface area contributed by atoms with Crippen molar-refractivity contribution in [1.82, 2.24) is 4.98 Å². The molecule has 0 atom stereocenters. The number of esters is 1. The third-order valence-electron chi connectivity index (χ3n) is 1.51. The molecule has 5 nitrogen and oxygen atoms in total. The molecule has 1 N–H and O–H groups in total. The lowest BCUT2D eigenvalue weighted by atomic mass is 10.3. The number of thioether (sulfide) groups is 1. The molecule has 0 unspecified atom stereocenters. The molecule has 0 aromatic carbocycles. The first-order valence-electron chi connectivity index (χ1n) is 4.03. The van der Waals surface area contributed by atoms with Crippen LogP contribution in [0.25, 0.3) is 0 Å². The predicted molar refractivity (Wildman–Crippen MR) is 53.9 cm³/mol. The van der Waals surface area contributed by atoms with Crippen molar-refractivity contribution < 1.29 is 19.4 Å². The highest BCUT2D eigenvalue weighted by molar-refractivity contribution is 7.99. The minimum absolute atomic E-state index is 0.138. The van der Waals surface area contributed by atoms with Gasteiger partial charge in [0.2, 0.25) is 0 Å². The van der Waals surface area contributed by atoms with E-state index >= 15 is 0 Å². The molecule has 0 saturated heterocycles. The van der Waals surface area contributed by atoms with Gasteiger partial charge in [-0.1, -0.05) is 11.8 Å². The predicted octanol–water partition coefficient (Wildman–Crippen LogP) is 1.04. The van der Waals surface area contributed by atoms with Gasteiger partial charge >= 0.3 is 11.9 Å². The number of aliphatic carboxylic acids is 1. The molecule has 0 saturated carbocycles. The number of ether oxygens (including phenoxy) is 1. The van der Waals surface area contributed by atoms with E-state index in [2.05, 4.69) is 9.72 Å². The molecular weight excluding hydrogens is 218 g/mol. The average Bonchev–Trinajstić information content (AvgIpc) is 2.25. The van der Waals surface area contributed by atoms with Crippen LogP contribution < -0.4 is 0 Å². The number of carboxylic acid groups (broad SMARTS) is 1. The Labute approximate surface area is 90.5 Å². The molecule has 0 bridgehead atoms. The molecule has 0 radical (unpaired) electrons. The number of hydrogen-bond acceptors (Lipinski definition) is 5. The first kappa shape index (κ1) is 11.5. The van der Waals surface area contributed by atoms with Gasteiger partial charge in [-0.15, -0.1) is 0 Å². The Balaban J connectivity index is 2.86. The van der Waals surface area contributed by atoms with Gasteiger partial charge in [0.25, 0.3) is 0 Å². The molecule has 0 aliphatic heterocycles. The quantitative estimate of drug-likeness (QED) is 0.612. The Hall–Kier alpha value is -1.56. The first-order valence-corrected chi connectivity index (χ1v) is 5.01. The summed E-state index contributed by atoms with van der Waals surface area (Å²) in [4.78, 5) is 25.5. The van der Waals surface area contributed by atoms with E-state index in [1.807, 2.05) is 0 Å². The van der Waals surface area contributed by atoms with Gasteiger partial charge in [0, 0.05) is 6.20 Å². The number of nitrogens with zero attached hydrogens (tertiary/aromatic N) is 1. The molecular formula is C9H9NO4S. The van der Waals surface area contributed by atoms with Gasteiger partial charge in [0.15, 0.2) is 0 Å². The Kier molecular flexibility index (Phi) is 4.11. The highest BCUT2D eigenvalue weighted by atomic mass is 32.2. The number of carbonyl (C=O) groups is 2. The van der Waals surface area contributed by atoms with Crippen molar-refractivity contribution in [3.05, 3.63) is 23.9 Å². The van der Waals surface area contributed by atoms with Crippen LogP contribution in [0.15, 0.2) is 23.4 Å². The van der Waals surface area contributed by atoms with Crippen molar-refractivity contribution >= 4 is 23.7 Å².